The molecule has 5 heteroatoms. The van der Waals surface area contributed by atoms with Gasteiger partial charge in [0.05, 0.1) is 6.61 Å². The van der Waals surface area contributed by atoms with E-state index in [0.29, 0.717) is 12.6 Å². The van der Waals surface area contributed by atoms with E-state index < -0.39 is 8.24 Å². The highest BCUT2D eigenvalue weighted by atomic mass is 31.1. The molecule has 0 bridgehead atoms. The molecule has 1 atom stereocenters. The molecule has 0 radical (unpaired) electrons. The molecule has 0 spiro atoms. The molecule has 33 heavy (non-hydrogen) atoms. The molecule has 4 nitrogen and oxygen atoms in total. The standard InChI is InChI=1S/C28H28NO3P/c1-2-22(29-17-7-8-18-29)19-30-33-31-25-15-13-20-9-3-5-11-23(20)27(25)28-24-12-6-4-10-21(24)14-16-26(28)32-33/h3-6,9-16,22H,2,7-8,17-19H2,1H3/t22-/m1/s1. The molecule has 5 aromatic rings. The molecule has 168 valence electrons. The molecule has 1 aliphatic heterocycles. The maximum Gasteiger partial charge on any atom is 0.387 e. The second-order valence-electron chi connectivity index (χ2n) is 8.83. The Kier molecular flexibility index (Phi) is 5.59. The molecule has 1 saturated heterocycles. The van der Waals surface area contributed by atoms with Crippen molar-refractivity contribution in [3.05, 3.63) is 72.8 Å². The van der Waals surface area contributed by atoms with Gasteiger partial charge < -0.3 is 8.39 Å². The van der Waals surface area contributed by atoms with Gasteiger partial charge in [-0.15, -0.1) is 0 Å². The van der Waals surface area contributed by atoms with Gasteiger partial charge in [0.2, 0.25) is 0 Å². The van der Waals surface area contributed by atoms with Crippen molar-refractivity contribution in [2.45, 2.75) is 32.2 Å². The highest BCUT2D eigenvalue weighted by molar-refractivity contribution is 7.31. The Morgan fingerprint density at radius 1 is 0.788 bits per heavy atom. The molecule has 1 fully saturated rings. The lowest BCUT2D eigenvalue weighted by Gasteiger charge is -2.25. The lowest BCUT2D eigenvalue weighted by atomic mass is 9.99. The summed E-state index contributed by atoms with van der Waals surface area (Å²) in [4.78, 5) is 2.54. The Morgan fingerprint density at radius 3 is 1.88 bits per heavy atom. The van der Waals surface area contributed by atoms with Gasteiger partial charge in [0.25, 0.3) is 0 Å². The minimum absolute atomic E-state index is 0.401. The van der Waals surface area contributed by atoms with Crippen molar-refractivity contribution >= 4 is 51.7 Å². The van der Waals surface area contributed by atoms with E-state index >= 15 is 0 Å². The largest absolute Gasteiger partial charge is 0.399 e. The first-order chi connectivity index (χ1) is 16.3. The number of hydrogen-bond donors (Lipinski definition) is 0. The Labute approximate surface area is 194 Å². The lowest BCUT2D eigenvalue weighted by molar-refractivity contribution is 0.177. The third kappa shape index (κ3) is 3.83. The first kappa shape index (κ1) is 20.8. The maximum atomic E-state index is 6.46. The van der Waals surface area contributed by atoms with E-state index in [1.54, 1.807) is 0 Å². The predicted octanol–water partition coefficient (Wildman–Crippen LogP) is 7.90. The summed E-state index contributed by atoms with van der Waals surface area (Å²) in [6.45, 7) is 5.17. The van der Waals surface area contributed by atoms with Crippen molar-refractivity contribution < 1.29 is 12.9 Å². The summed E-state index contributed by atoms with van der Waals surface area (Å²) in [7, 11) is -1.56. The number of rotatable bonds is 5. The number of likely N-dealkylation sites (tertiary alicyclic amines) is 1. The molecule has 1 aliphatic rings. The fourth-order valence-electron chi connectivity index (χ4n) is 5.14. The van der Waals surface area contributed by atoms with Crippen molar-refractivity contribution in [2.24, 2.45) is 0 Å². The van der Waals surface area contributed by atoms with E-state index in [2.05, 4.69) is 84.6 Å². The average molecular weight is 458 g/mol. The smallest absolute Gasteiger partial charge is 0.387 e. The van der Waals surface area contributed by atoms with E-state index in [9.17, 15) is 0 Å². The Morgan fingerprint density at radius 2 is 1.33 bits per heavy atom. The van der Waals surface area contributed by atoms with E-state index in [4.69, 9.17) is 12.9 Å². The van der Waals surface area contributed by atoms with Gasteiger partial charge in [-0.25, -0.2) is 0 Å². The summed E-state index contributed by atoms with van der Waals surface area (Å²) in [6, 6.07) is 25.7. The zero-order valence-corrected chi connectivity index (χ0v) is 19.8. The van der Waals surface area contributed by atoms with Gasteiger partial charge in [-0.1, -0.05) is 67.6 Å². The summed E-state index contributed by atoms with van der Waals surface area (Å²) in [5.74, 6) is 0. The van der Waals surface area contributed by atoms with Crippen molar-refractivity contribution in [3.63, 3.8) is 0 Å². The molecule has 0 aliphatic carbocycles. The molecule has 0 saturated carbocycles. The van der Waals surface area contributed by atoms with Gasteiger partial charge in [-0.2, -0.15) is 0 Å². The van der Waals surface area contributed by atoms with Gasteiger partial charge >= 0.3 is 8.24 Å². The summed E-state index contributed by atoms with van der Waals surface area (Å²) in [5, 5.41) is 6.87. The van der Waals surface area contributed by atoms with Crippen LogP contribution >= 0.6 is 8.24 Å². The van der Waals surface area contributed by atoms with Crippen molar-refractivity contribution in [1.29, 1.82) is 0 Å². The Balaban J connectivity index is 1.58. The summed E-state index contributed by atoms with van der Waals surface area (Å²) in [6.07, 6.45) is 3.62. The molecular weight excluding hydrogens is 429 g/mol. The normalized spacial score (nSPS) is 15.7. The summed E-state index contributed by atoms with van der Waals surface area (Å²) in [5.41, 5.74) is 1.65. The van der Waals surface area contributed by atoms with Crippen molar-refractivity contribution in [3.8, 4) is 0 Å². The topological polar surface area (TPSA) is 38.8 Å². The minimum atomic E-state index is -1.56. The predicted molar refractivity (Wildman–Crippen MR) is 138 cm³/mol. The zero-order valence-electron chi connectivity index (χ0n) is 18.9. The van der Waals surface area contributed by atoms with Crippen LogP contribution in [0.25, 0.3) is 43.5 Å². The van der Waals surface area contributed by atoms with Gasteiger partial charge in [0.1, 0.15) is 11.2 Å². The second-order valence-corrected chi connectivity index (χ2v) is 9.90. The number of hydrogen-bond acceptors (Lipinski definition) is 4. The van der Waals surface area contributed by atoms with Crippen LogP contribution in [0.15, 0.2) is 81.2 Å². The summed E-state index contributed by atoms with van der Waals surface area (Å²) >= 11 is 0. The van der Waals surface area contributed by atoms with E-state index in [-0.39, 0.29) is 0 Å². The van der Waals surface area contributed by atoms with E-state index in [1.807, 2.05) is 0 Å². The van der Waals surface area contributed by atoms with E-state index in [1.165, 1.54) is 23.6 Å². The zero-order chi connectivity index (χ0) is 22.2. The maximum absolute atomic E-state index is 6.46. The lowest BCUT2D eigenvalue weighted by Crippen LogP contribution is -2.36. The SMILES string of the molecule is CC[C@H](COp1oc2ccc3ccccc3c2c2c(ccc3ccccc32)o1)N1CCCC1. The first-order valence-corrected chi connectivity index (χ1v) is 13.0. The molecule has 1 aromatic heterocycles. The first-order valence-electron chi connectivity index (χ1n) is 11.9. The molecule has 4 aromatic carbocycles. The fraction of sp³-hybridized carbons (Fsp3) is 0.286. The minimum Gasteiger partial charge on any atom is -0.399 e. The highest BCUT2D eigenvalue weighted by Crippen LogP contribution is 2.40. The second kappa shape index (κ2) is 8.87. The van der Waals surface area contributed by atoms with E-state index in [0.717, 1.165) is 52.2 Å². The molecule has 0 unspecified atom stereocenters. The molecule has 6 rings (SSSR count). The van der Waals surface area contributed by atoms with Crippen molar-refractivity contribution in [1.82, 2.24) is 4.90 Å². The molecule has 0 N–H and O–H groups in total. The quantitative estimate of drug-likeness (QED) is 0.269. The van der Waals surface area contributed by atoms with Gasteiger partial charge in [0, 0.05) is 16.8 Å². The third-order valence-corrected chi connectivity index (χ3v) is 7.93. The van der Waals surface area contributed by atoms with Crippen LogP contribution < -0.4 is 4.52 Å². The van der Waals surface area contributed by atoms with Crippen LogP contribution in [0.5, 0.6) is 0 Å². The van der Waals surface area contributed by atoms with Gasteiger partial charge in [-0.3, -0.25) is 9.42 Å². The third-order valence-electron chi connectivity index (χ3n) is 6.88. The van der Waals surface area contributed by atoms with Crippen LogP contribution in [-0.2, 0) is 0 Å². The molecule has 0 amide bonds. The fourth-order valence-corrected chi connectivity index (χ4v) is 6.20. The molecule has 2 heterocycles. The molecular formula is C28H28NO3P. The van der Waals surface area contributed by atoms with Crippen LogP contribution in [0.3, 0.4) is 0 Å². The average Bonchev–Trinajstić information content (AvgIpc) is 3.33. The van der Waals surface area contributed by atoms with Crippen LogP contribution in [0.4, 0.5) is 0 Å². The van der Waals surface area contributed by atoms with Crippen LogP contribution in [0.1, 0.15) is 26.2 Å². The number of nitrogens with zero attached hydrogens (tertiary/aromatic N) is 1. The van der Waals surface area contributed by atoms with Crippen LogP contribution in [-0.4, -0.2) is 30.6 Å². The summed E-state index contributed by atoms with van der Waals surface area (Å²) < 4.78 is 19.3. The Hall–Kier alpha value is -2.78. The van der Waals surface area contributed by atoms with Crippen molar-refractivity contribution in [2.75, 3.05) is 19.7 Å². The highest BCUT2D eigenvalue weighted by Gasteiger charge is 2.22. The van der Waals surface area contributed by atoms with Gasteiger partial charge in [0.15, 0.2) is 0 Å². The number of benzene rings is 4. The van der Waals surface area contributed by atoms with Crippen LogP contribution in [0, 0.1) is 0 Å². The monoisotopic (exact) mass is 457 g/mol. The van der Waals surface area contributed by atoms with Gasteiger partial charge in [-0.05, 0) is 66.0 Å². The number of fused-ring (bicyclic) bond motifs is 7. The Bertz CT molecular complexity index is 1390. The van der Waals surface area contributed by atoms with Crippen LogP contribution in [0.2, 0.25) is 0 Å².